The van der Waals surface area contributed by atoms with Gasteiger partial charge in [0.15, 0.2) is 0 Å². The lowest BCUT2D eigenvalue weighted by Crippen LogP contribution is -2.37. The molecule has 19 heavy (non-hydrogen) atoms. The molecule has 3 rings (SSSR count). The zero-order chi connectivity index (χ0) is 13.2. The van der Waals surface area contributed by atoms with E-state index in [0.29, 0.717) is 12.5 Å². The van der Waals surface area contributed by atoms with Crippen molar-refractivity contribution < 1.29 is 4.79 Å². The van der Waals surface area contributed by atoms with Crippen LogP contribution in [0.15, 0.2) is 24.3 Å². The maximum absolute atomic E-state index is 12.2. The quantitative estimate of drug-likeness (QED) is 0.843. The molecule has 0 aliphatic heterocycles. The third-order valence-corrected chi connectivity index (χ3v) is 4.83. The standard InChI is InChI=1S/C16H20ClNO/c17-15(12-6-7-12)10-18-16(19)14-8-5-11-3-1-2-4-13(11)9-14/h1-4,12,14-15H,5-10H2,(H,18,19). The summed E-state index contributed by atoms with van der Waals surface area (Å²) in [5.41, 5.74) is 2.73. The number of alkyl halides is 1. The van der Waals surface area contributed by atoms with Gasteiger partial charge in [-0.05, 0) is 49.1 Å². The van der Waals surface area contributed by atoms with Crippen LogP contribution in [0.4, 0.5) is 0 Å². The lowest BCUT2D eigenvalue weighted by atomic mass is 9.83. The van der Waals surface area contributed by atoms with Crippen LogP contribution in [0.5, 0.6) is 0 Å². The summed E-state index contributed by atoms with van der Waals surface area (Å²) in [5.74, 6) is 0.938. The molecule has 1 aromatic rings. The number of fused-ring (bicyclic) bond motifs is 1. The maximum Gasteiger partial charge on any atom is 0.223 e. The Bertz CT molecular complexity index is 470. The first-order chi connectivity index (χ1) is 9.24. The van der Waals surface area contributed by atoms with Crippen molar-refractivity contribution in [2.24, 2.45) is 11.8 Å². The van der Waals surface area contributed by atoms with Crippen LogP contribution >= 0.6 is 11.6 Å². The highest BCUT2D eigenvalue weighted by Gasteiger charge is 2.31. The number of hydrogen-bond donors (Lipinski definition) is 1. The van der Waals surface area contributed by atoms with Gasteiger partial charge < -0.3 is 5.32 Å². The molecule has 0 bridgehead atoms. The van der Waals surface area contributed by atoms with E-state index in [9.17, 15) is 4.79 Å². The molecule has 2 aliphatic carbocycles. The molecule has 1 N–H and O–H groups in total. The number of hydrogen-bond acceptors (Lipinski definition) is 1. The zero-order valence-electron chi connectivity index (χ0n) is 11.1. The van der Waals surface area contributed by atoms with E-state index >= 15 is 0 Å². The van der Waals surface area contributed by atoms with Gasteiger partial charge in [0.2, 0.25) is 5.91 Å². The van der Waals surface area contributed by atoms with E-state index in [1.807, 2.05) is 0 Å². The molecule has 1 amide bonds. The van der Waals surface area contributed by atoms with Crippen molar-refractivity contribution in [1.82, 2.24) is 5.32 Å². The molecule has 1 fully saturated rings. The summed E-state index contributed by atoms with van der Waals surface area (Å²) in [6.07, 6.45) is 5.29. The largest absolute Gasteiger partial charge is 0.354 e. The van der Waals surface area contributed by atoms with Gasteiger partial charge >= 0.3 is 0 Å². The molecular formula is C16H20ClNO. The van der Waals surface area contributed by atoms with E-state index in [1.54, 1.807) is 0 Å². The second kappa shape index (κ2) is 5.54. The van der Waals surface area contributed by atoms with Gasteiger partial charge in [-0.1, -0.05) is 24.3 Å². The zero-order valence-corrected chi connectivity index (χ0v) is 11.8. The highest BCUT2D eigenvalue weighted by molar-refractivity contribution is 6.21. The highest BCUT2D eigenvalue weighted by atomic mass is 35.5. The summed E-state index contributed by atoms with van der Waals surface area (Å²) in [6, 6.07) is 8.45. The first kappa shape index (κ1) is 13.0. The fraction of sp³-hybridized carbons (Fsp3) is 0.562. The topological polar surface area (TPSA) is 29.1 Å². The minimum absolute atomic E-state index is 0.123. The normalized spacial score (nSPS) is 23.5. The molecule has 2 unspecified atom stereocenters. The van der Waals surface area contributed by atoms with Crippen LogP contribution in [0, 0.1) is 11.8 Å². The van der Waals surface area contributed by atoms with Crippen LogP contribution in [0.2, 0.25) is 0 Å². The van der Waals surface area contributed by atoms with Crippen molar-refractivity contribution in [2.45, 2.75) is 37.5 Å². The Labute approximate surface area is 119 Å². The van der Waals surface area contributed by atoms with Gasteiger partial charge in [-0.15, -0.1) is 11.6 Å². The fourth-order valence-electron chi connectivity index (χ4n) is 2.89. The Morgan fingerprint density at radius 3 is 2.74 bits per heavy atom. The SMILES string of the molecule is O=C(NCC(Cl)C1CC1)C1CCc2ccccc2C1. The predicted octanol–water partition coefficient (Wildman–Crippen LogP) is 2.93. The van der Waals surface area contributed by atoms with Crippen LogP contribution < -0.4 is 5.32 Å². The molecule has 102 valence electrons. The van der Waals surface area contributed by atoms with E-state index in [-0.39, 0.29) is 17.2 Å². The summed E-state index contributed by atoms with van der Waals surface area (Å²) in [7, 11) is 0. The summed E-state index contributed by atoms with van der Waals surface area (Å²) in [6.45, 7) is 0.628. The van der Waals surface area contributed by atoms with Gasteiger partial charge in [0.05, 0.1) is 5.38 Å². The minimum atomic E-state index is 0.123. The molecule has 1 saturated carbocycles. The number of carbonyl (C=O) groups excluding carboxylic acids is 1. The Morgan fingerprint density at radius 2 is 2.00 bits per heavy atom. The molecule has 0 heterocycles. The minimum Gasteiger partial charge on any atom is -0.354 e. The van der Waals surface area contributed by atoms with Gasteiger partial charge in [0, 0.05) is 12.5 Å². The summed E-state index contributed by atoms with van der Waals surface area (Å²) in [4.78, 5) is 12.2. The smallest absolute Gasteiger partial charge is 0.223 e. The average molecular weight is 278 g/mol. The molecule has 0 spiro atoms. The van der Waals surface area contributed by atoms with Gasteiger partial charge in [-0.3, -0.25) is 4.79 Å². The van der Waals surface area contributed by atoms with Crippen molar-refractivity contribution in [2.75, 3.05) is 6.54 Å². The molecule has 3 heteroatoms. The van der Waals surface area contributed by atoms with E-state index in [0.717, 1.165) is 19.3 Å². The molecule has 0 aromatic heterocycles. The first-order valence-corrected chi connectivity index (χ1v) is 7.66. The Morgan fingerprint density at radius 1 is 1.26 bits per heavy atom. The number of halogens is 1. The van der Waals surface area contributed by atoms with Gasteiger partial charge in [0.25, 0.3) is 0 Å². The maximum atomic E-state index is 12.2. The monoisotopic (exact) mass is 277 g/mol. The third kappa shape index (κ3) is 3.11. The lowest BCUT2D eigenvalue weighted by Gasteiger charge is -2.24. The Kier molecular flexibility index (Phi) is 3.79. The molecular weight excluding hydrogens is 258 g/mol. The molecule has 2 atom stereocenters. The number of nitrogens with one attached hydrogen (secondary N) is 1. The van der Waals surface area contributed by atoms with Gasteiger partial charge in [0.1, 0.15) is 0 Å². The van der Waals surface area contributed by atoms with Crippen LogP contribution in [-0.2, 0) is 17.6 Å². The second-order valence-electron chi connectivity index (χ2n) is 5.81. The fourth-order valence-corrected chi connectivity index (χ4v) is 3.22. The van der Waals surface area contributed by atoms with Crippen LogP contribution in [0.25, 0.3) is 0 Å². The Hall–Kier alpha value is -1.02. The summed E-state index contributed by atoms with van der Waals surface area (Å²) in [5, 5.41) is 3.16. The lowest BCUT2D eigenvalue weighted by molar-refractivity contribution is -0.125. The van der Waals surface area contributed by atoms with Crippen LogP contribution in [0.3, 0.4) is 0 Å². The number of amides is 1. The molecule has 2 aliphatic rings. The summed E-state index contributed by atoms with van der Waals surface area (Å²) >= 11 is 6.23. The van der Waals surface area contributed by atoms with Crippen molar-refractivity contribution in [3.8, 4) is 0 Å². The van der Waals surface area contributed by atoms with Crippen LogP contribution in [0.1, 0.15) is 30.4 Å². The van der Waals surface area contributed by atoms with Crippen molar-refractivity contribution in [3.63, 3.8) is 0 Å². The Balaban J connectivity index is 1.53. The van der Waals surface area contributed by atoms with Crippen molar-refractivity contribution in [3.05, 3.63) is 35.4 Å². The van der Waals surface area contributed by atoms with Gasteiger partial charge in [-0.25, -0.2) is 0 Å². The number of carbonyl (C=O) groups is 1. The van der Waals surface area contributed by atoms with Crippen LogP contribution in [-0.4, -0.2) is 17.8 Å². The van der Waals surface area contributed by atoms with E-state index in [1.165, 1.54) is 24.0 Å². The summed E-state index contributed by atoms with van der Waals surface area (Å²) < 4.78 is 0. The van der Waals surface area contributed by atoms with E-state index < -0.39 is 0 Å². The van der Waals surface area contributed by atoms with E-state index in [4.69, 9.17) is 11.6 Å². The first-order valence-electron chi connectivity index (χ1n) is 7.22. The molecule has 2 nitrogen and oxygen atoms in total. The number of rotatable bonds is 4. The van der Waals surface area contributed by atoms with Gasteiger partial charge in [-0.2, -0.15) is 0 Å². The number of aryl methyl sites for hydroxylation is 1. The van der Waals surface area contributed by atoms with Crippen molar-refractivity contribution >= 4 is 17.5 Å². The number of benzene rings is 1. The molecule has 0 radical (unpaired) electrons. The van der Waals surface area contributed by atoms with Crippen molar-refractivity contribution in [1.29, 1.82) is 0 Å². The highest BCUT2D eigenvalue weighted by Crippen LogP contribution is 2.35. The molecule has 0 saturated heterocycles. The second-order valence-corrected chi connectivity index (χ2v) is 6.37. The average Bonchev–Trinajstić information content (AvgIpc) is 3.28. The van der Waals surface area contributed by atoms with E-state index in [2.05, 4.69) is 29.6 Å². The third-order valence-electron chi connectivity index (χ3n) is 4.32. The molecule has 1 aromatic carbocycles. The predicted molar refractivity (Wildman–Crippen MR) is 77.3 cm³/mol.